The predicted octanol–water partition coefficient (Wildman–Crippen LogP) is 3.95. The van der Waals surface area contributed by atoms with E-state index in [9.17, 15) is 19.5 Å². The average Bonchev–Trinajstić information content (AvgIpc) is 3.39. The van der Waals surface area contributed by atoms with Gasteiger partial charge in [0.25, 0.3) is 0 Å². The average molecular weight is 510 g/mol. The number of rotatable bonds is 9. The SMILES string of the molecule is Cc1ccsc1C(=CCCN1CCC[C@@H](C(=O)O)C1)c1sccc1C.O=C(O)CC(O)C(=O)O. The van der Waals surface area contributed by atoms with Crippen LogP contribution >= 0.6 is 22.7 Å². The van der Waals surface area contributed by atoms with E-state index in [1.165, 1.54) is 26.5 Å². The molecule has 0 saturated carbocycles. The second-order valence-corrected chi connectivity index (χ2v) is 10.0. The quantitative estimate of drug-likeness (QED) is 0.399. The fraction of sp³-hybridized carbons (Fsp3) is 0.458. The molecule has 0 bridgehead atoms. The van der Waals surface area contributed by atoms with Crippen LogP contribution in [0.25, 0.3) is 5.57 Å². The number of hydrogen-bond acceptors (Lipinski definition) is 7. The van der Waals surface area contributed by atoms with Crippen molar-refractivity contribution in [2.24, 2.45) is 5.92 Å². The molecule has 0 amide bonds. The molecule has 34 heavy (non-hydrogen) atoms. The molecule has 1 aliphatic rings. The van der Waals surface area contributed by atoms with Crippen LogP contribution in [0.5, 0.6) is 0 Å². The van der Waals surface area contributed by atoms with Crippen molar-refractivity contribution in [1.29, 1.82) is 0 Å². The molecule has 186 valence electrons. The Labute approximate surface area is 206 Å². The van der Waals surface area contributed by atoms with Crippen molar-refractivity contribution in [3.05, 3.63) is 49.9 Å². The molecular weight excluding hydrogens is 478 g/mol. The molecule has 3 heterocycles. The Morgan fingerprint density at radius 3 is 2.09 bits per heavy atom. The molecule has 2 aromatic heterocycles. The molecule has 10 heteroatoms. The van der Waals surface area contributed by atoms with Crippen LogP contribution in [0, 0.1) is 19.8 Å². The van der Waals surface area contributed by atoms with Crippen LogP contribution in [0.2, 0.25) is 0 Å². The summed E-state index contributed by atoms with van der Waals surface area (Å²) in [6, 6.07) is 4.36. The molecule has 0 radical (unpaired) electrons. The Bertz CT molecular complexity index is 968. The lowest BCUT2D eigenvalue weighted by Crippen LogP contribution is -2.39. The number of carboxylic acid groups (broad SMARTS) is 3. The molecule has 1 fully saturated rings. The van der Waals surface area contributed by atoms with Crippen molar-refractivity contribution in [3.63, 3.8) is 0 Å². The van der Waals surface area contributed by atoms with E-state index in [2.05, 4.69) is 47.7 Å². The zero-order valence-electron chi connectivity index (χ0n) is 19.3. The minimum absolute atomic E-state index is 0.198. The second-order valence-electron chi connectivity index (χ2n) is 8.20. The Kier molecular flexibility index (Phi) is 10.9. The van der Waals surface area contributed by atoms with Gasteiger partial charge < -0.3 is 25.3 Å². The summed E-state index contributed by atoms with van der Waals surface area (Å²) in [5.74, 6) is -3.69. The Morgan fingerprint density at radius 1 is 1.09 bits per heavy atom. The summed E-state index contributed by atoms with van der Waals surface area (Å²) < 4.78 is 0. The van der Waals surface area contributed by atoms with Crippen molar-refractivity contribution in [3.8, 4) is 0 Å². The number of nitrogens with zero attached hydrogens (tertiary/aromatic N) is 1. The van der Waals surface area contributed by atoms with E-state index in [0.717, 1.165) is 32.4 Å². The normalized spacial score (nSPS) is 16.7. The van der Waals surface area contributed by atoms with E-state index in [4.69, 9.17) is 15.3 Å². The van der Waals surface area contributed by atoms with E-state index in [0.29, 0.717) is 6.54 Å². The van der Waals surface area contributed by atoms with Gasteiger partial charge in [0, 0.05) is 28.4 Å². The van der Waals surface area contributed by atoms with Gasteiger partial charge in [-0.3, -0.25) is 9.59 Å². The second kappa shape index (κ2) is 13.4. The molecule has 0 spiro atoms. The van der Waals surface area contributed by atoms with E-state index in [1.807, 2.05) is 0 Å². The fourth-order valence-electron chi connectivity index (χ4n) is 3.69. The van der Waals surface area contributed by atoms with E-state index >= 15 is 0 Å². The number of hydrogen-bond donors (Lipinski definition) is 4. The van der Waals surface area contributed by atoms with Crippen LogP contribution in [0.3, 0.4) is 0 Å². The summed E-state index contributed by atoms with van der Waals surface area (Å²) in [5, 5.41) is 37.7. The first-order chi connectivity index (χ1) is 16.1. The van der Waals surface area contributed by atoms with Gasteiger partial charge in [-0.15, -0.1) is 22.7 Å². The largest absolute Gasteiger partial charge is 0.481 e. The molecule has 4 N–H and O–H groups in total. The molecule has 8 nitrogen and oxygen atoms in total. The number of carboxylic acids is 3. The first-order valence-electron chi connectivity index (χ1n) is 11.0. The zero-order valence-corrected chi connectivity index (χ0v) is 20.9. The highest BCUT2D eigenvalue weighted by atomic mass is 32.1. The van der Waals surface area contributed by atoms with Gasteiger partial charge in [0.15, 0.2) is 6.10 Å². The lowest BCUT2D eigenvalue weighted by atomic mass is 9.98. The van der Waals surface area contributed by atoms with Crippen LogP contribution in [-0.2, 0) is 14.4 Å². The maximum atomic E-state index is 11.2. The smallest absolute Gasteiger partial charge is 0.333 e. The number of carbonyl (C=O) groups is 3. The molecule has 0 aliphatic carbocycles. The standard InChI is InChI=1S/C20H25NO2S2.C4H6O5/c1-14-7-11-24-18(14)17(19-15(2)8-12-25-19)6-4-10-21-9-3-5-16(13-21)20(22)23;5-2(4(8)9)1-3(6)7/h6-8,11-12,16H,3-5,9-10,13H2,1-2H3,(H,22,23);2,5H,1H2,(H,6,7)(H,8,9)/t16-;/m1./s1. The number of aliphatic hydroxyl groups is 1. The number of thiophene rings is 2. The third kappa shape index (κ3) is 8.35. The van der Waals surface area contributed by atoms with Crippen molar-refractivity contribution < 1.29 is 34.8 Å². The van der Waals surface area contributed by atoms with E-state index < -0.39 is 30.4 Å². The van der Waals surface area contributed by atoms with Crippen LogP contribution in [0.15, 0.2) is 29.0 Å². The summed E-state index contributed by atoms with van der Waals surface area (Å²) >= 11 is 3.60. The van der Waals surface area contributed by atoms with E-state index in [1.54, 1.807) is 22.7 Å². The summed E-state index contributed by atoms with van der Waals surface area (Å²) in [4.78, 5) is 35.7. The van der Waals surface area contributed by atoms with Gasteiger partial charge in [-0.2, -0.15) is 0 Å². The molecule has 2 aromatic rings. The summed E-state index contributed by atoms with van der Waals surface area (Å²) in [7, 11) is 0. The van der Waals surface area contributed by atoms with Crippen LogP contribution in [0.1, 0.15) is 46.6 Å². The number of likely N-dealkylation sites (tertiary alicyclic amines) is 1. The lowest BCUT2D eigenvalue weighted by molar-refractivity contribution is -0.152. The third-order valence-electron chi connectivity index (χ3n) is 5.52. The van der Waals surface area contributed by atoms with Gasteiger partial charge in [-0.05, 0) is 73.7 Å². The minimum atomic E-state index is -1.79. The van der Waals surface area contributed by atoms with Crippen LogP contribution in [-0.4, -0.2) is 69.0 Å². The molecule has 1 aliphatic heterocycles. The van der Waals surface area contributed by atoms with Crippen molar-refractivity contribution in [2.75, 3.05) is 19.6 Å². The van der Waals surface area contributed by atoms with E-state index in [-0.39, 0.29) is 5.92 Å². The molecule has 1 saturated heterocycles. The predicted molar refractivity (Wildman–Crippen MR) is 133 cm³/mol. The van der Waals surface area contributed by atoms with Gasteiger partial charge in [0.05, 0.1) is 12.3 Å². The van der Waals surface area contributed by atoms with Gasteiger partial charge in [-0.1, -0.05) is 6.08 Å². The number of aliphatic hydroxyl groups excluding tert-OH is 1. The Balaban J connectivity index is 0.000000387. The monoisotopic (exact) mass is 509 g/mol. The molecular formula is C24H31NO7S2. The zero-order chi connectivity index (χ0) is 25.3. The highest BCUT2D eigenvalue weighted by Crippen LogP contribution is 2.35. The highest BCUT2D eigenvalue weighted by Gasteiger charge is 2.24. The maximum Gasteiger partial charge on any atom is 0.333 e. The molecule has 2 atom stereocenters. The van der Waals surface area contributed by atoms with Crippen molar-refractivity contribution in [1.82, 2.24) is 4.90 Å². The molecule has 0 aromatic carbocycles. The third-order valence-corrected chi connectivity index (χ3v) is 7.61. The summed E-state index contributed by atoms with van der Waals surface area (Å²) in [6.45, 7) is 6.98. The lowest BCUT2D eigenvalue weighted by Gasteiger charge is -2.30. The summed E-state index contributed by atoms with van der Waals surface area (Å²) in [5.41, 5.74) is 3.99. The number of aryl methyl sites for hydroxylation is 2. The molecule has 3 rings (SSSR count). The fourth-order valence-corrected chi connectivity index (χ4v) is 5.70. The maximum absolute atomic E-state index is 11.2. The minimum Gasteiger partial charge on any atom is -0.481 e. The first-order valence-corrected chi connectivity index (χ1v) is 12.7. The number of aliphatic carboxylic acids is 3. The summed E-state index contributed by atoms with van der Waals surface area (Å²) in [6.07, 6.45) is 2.56. The van der Waals surface area contributed by atoms with Gasteiger partial charge in [-0.25, -0.2) is 4.79 Å². The van der Waals surface area contributed by atoms with Crippen molar-refractivity contribution in [2.45, 2.75) is 45.6 Å². The number of piperidine rings is 1. The van der Waals surface area contributed by atoms with Gasteiger partial charge in [0.2, 0.25) is 0 Å². The van der Waals surface area contributed by atoms with Crippen molar-refractivity contribution >= 4 is 46.2 Å². The van der Waals surface area contributed by atoms with Gasteiger partial charge >= 0.3 is 17.9 Å². The van der Waals surface area contributed by atoms with Gasteiger partial charge in [0.1, 0.15) is 0 Å². The van der Waals surface area contributed by atoms with Crippen LogP contribution in [0.4, 0.5) is 0 Å². The topological polar surface area (TPSA) is 135 Å². The first kappa shape index (κ1) is 27.7. The Hall–Kier alpha value is -2.53. The molecule has 1 unspecified atom stereocenters. The highest BCUT2D eigenvalue weighted by molar-refractivity contribution is 7.14. The van der Waals surface area contributed by atoms with Crippen LogP contribution < -0.4 is 0 Å². The Morgan fingerprint density at radius 2 is 1.68 bits per heavy atom.